The van der Waals surface area contributed by atoms with Crippen LogP contribution in [0.3, 0.4) is 0 Å². The molecular weight excluding hydrogens is 279 g/mol. The molecule has 0 saturated heterocycles. The van der Waals surface area contributed by atoms with Gasteiger partial charge in [0.05, 0.1) is 5.69 Å². The van der Waals surface area contributed by atoms with Gasteiger partial charge in [0.15, 0.2) is 0 Å². The number of halogens is 1. The fraction of sp³-hybridized carbons (Fsp3) is 0.333. The number of hydrogen-bond acceptors (Lipinski definition) is 3. The molecule has 0 unspecified atom stereocenters. The van der Waals surface area contributed by atoms with Gasteiger partial charge in [-0.3, -0.25) is 10.7 Å². The summed E-state index contributed by atoms with van der Waals surface area (Å²) in [4.78, 5) is 0. The van der Waals surface area contributed by atoms with E-state index in [9.17, 15) is 0 Å². The predicted molar refractivity (Wildman–Crippen MR) is 60.0 cm³/mol. The lowest BCUT2D eigenvalue weighted by Gasteiger charge is -2.20. The van der Waals surface area contributed by atoms with Gasteiger partial charge >= 0.3 is 0 Å². The van der Waals surface area contributed by atoms with Gasteiger partial charge in [-0.1, -0.05) is 0 Å². The highest BCUT2D eigenvalue weighted by atomic mass is 127. The summed E-state index contributed by atoms with van der Waals surface area (Å²) >= 11 is 2.26. The molecule has 0 bridgehead atoms. The molecule has 0 radical (unpaired) electrons. The number of rotatable bonds is 1. The molecule has 70 valence electrons. The molecule has 0 amide bonds. The van der Waals surface area contributed by atoms with Crippen molar-refractivity contribution in [3.8, 4) is 0 Å². The Balaban J connectivity index is 2.50. The Morgan fingerprint density at radius 1 is 1.46 bits per heavy atom. The quantitative estimate of drug-likeness (QED) is 0.545. The highest BCUT2D eigenvalue weighted by Gasteiger charge is 2.13. The van der Waals surface area contributed by atoms with Crippen molar-refractivity contribution in [2.75, 3.05) is 12.0 Å². The van der Waals surface area contributed by atoms with Crippen molar-refractivity contribution in [2.24, 2.45) is 0 Å². The van der Waals surface area contributed by atoms with Gasteiger partial charge in [0.1, 0.15) is 0 Å². The molecule has 13 heavy (non-hydrogen) atoms. The van der Waals surface area contributed by atoms with E-state index < -0.39 is 0 Å². The van der Waals surface area contributed by atoms with Crippen molar-refractivity contribution < 1.29 is 5.21 Å². The second-order valence-electron chi connectivity index (χ2n) is 3.13. The van der Waals surface area contributed by atoms with E-state index in [1.165, 1.54) is 11.1 Å². The predicted octanol–water partition coefficient (Wildman–Crippen LogP) is 1.74. The van der Waals surface area contributed by atoms with E-state index in [1.807, 2.05) is 6.07 Å². The Bertz CT molecular complexity index is 310. The third-order valence-electron chi connectivity index (χ3n) is 2.29. The minimum absolute atomic E-state index is 0.850. The molecule has 1 aromatic rings. The van der Waals surface area contributed by atoms with E-state index >= 15 is 0 Å². The van der Waals surface area contributed by atoms with Gasteiger partial charge in [0, 0.05) is 10.1 Å². The van der Waals surface area contributed by atoms with E-state index in [2.05, 4.69) is 39.5 Å². The summed E-state index contributed by atoms with van der Waals surface area (Å²) in [7, 11) is 0. The van der Waals surface area contributed by atoms with Crippen LogP contribution in [-0.4, -0.2) is 11.8 Å². The topological polar surface area (TPSA) is 44.3 Å². The van der Waals surface area contributed by atoms with E-state index in [0.29, 0.717) is 0 Å². The van der Waals surface area contributed by atoms with Gasteiger partial charge in [-0.05, 0) is 58.8 Å². The summed E-state index contributed by atoms with van der Waals surface area (Å²) in [6.07, 6.45) is 0.981. The fourth-order valence-corrected chi connectivity index (χ4v) is 2.37. The average molecular weight is 290 g/mol. The van der Waals surface area contributed by atoms with Crippen molar-refractivity contribution in [3.63, 3.8) is 0 Å². The van der Waals surface area contributed by atoms with E-state index in [4.69, 9.17) is 5.21 Å². The lowest BCUT2D eigenvalue weighted by molar-refractivity contribution is 0.387. The minimum atomic E-state index is 0.850. The van der Waals surface area contributed by atoms with Crippen LogP contribution in [0.25, 0.3) is 0 Å². The number of nitrogens with one attached hydrogen (secondary N) is 2. The monoisotopic (exact) mass is 290 g/mol. The lowest BCUT2D eigenvalue weighted by atomic mass is 9.99. The highest BCUT2D eigenvalue weighted by Crippen LogP contribution is 2.25. The van der Waals surface area contributed by atoms with Crippen LogP contribution >= 0.6 is 22.6 Å². The first-order chi connectivity index (χ1) is 6.31. The molecule has 3 nitrogen and oxygen atoms in total. The third kappa shape index (κ3) is 1.79. The molecule has 4 heteroatoms. The summed E-state index contributed by atoms with van der Waals surface area (Å²) in [6.45, 7) is 1.89. The lowest BCUT2D eigenvalue weighted by Crippen LogP contribution is -2.24. The SMILES string of the molecule is ONc1cc(I)cc2c1CCNC2. The smallest absolute Gasteiger partial charge is 0.0648 e. The first kappa shape index (κ1) is 9.23. The molecule has 1 aliphatic rings. The maximum absolute atomic E-state index is 8.94. The van der Waals surface area contributed by atoms with E-state index in [-0.39, 0.29) is 0 Å². The van der Waals surface area contributed by atoms with Crippen molar-refractivity contribution in [1.82, 2.24) is 5.32 Å². The Labute approximate surface area is 90.6 Å². The molecule has 0 spiro atoms. The molecule has 0 fully saturated rings. The summed E-state index contributed by atoms with van der Waals surface area (Å²) < 4.78 is 1.15. The van der Waals surface area contributed by atoms with Crippen molar-refractivity contribution >= 4 is 28.3 Å². The summed E-state index contributed by atoms with van der Waals surface area (Å²) in [5.41, 5.74) is 5.64. The Kier molecular flexibility index (Phi) is 2.71. The number of fused-ring (bicyclic) bond motifs is 1. The van der Waals surface area contributed by atoms with Gasteiger partial charge in [0.25, 0.3) is 0 Å². The maximum atomic E-state index is 8.94. The van der Waals surface area contributed by atoms with Gasteiger partial charge < -0.3 is 5.32 Å². The number of anilines is 1. The molecule has 0 aromatic heterocycles. The normalized spacial score (nSPS) is 15.2. The zero-order valence-corrected chi connectivity index (χ0v) is 9.26. The highest BCUT2D eigenvalue weighted by molar-refractivity contribution is 14.1. The van der Waals surface area contributed by atoms with Crippen molar-refractivity contribution in [2.45, 2.75) is 13.0 Å². The van der Waals surface area contributed by atoms with Crippen LogP contribution in [0.2, 0.25) is 0 Å². The molecule has 0 atom stereocenters. The van der Waals surface area contributed by atoms with Crippen LogP contribution < -0.4 is 10.8 Å². The first-order valence-corrected chi connectivity index (χ1v) is 5.31. The first-order valence-electron chi connectivity index (χ1n) is 4.23. The van der Waals surface area contributed by atoms with Crippen molar-refractivity contribution in [3.05, 3.63) is 26.8 Å². The number of hydrogen-bond donors (Lipinski definition) is 3. The molecular formula is C9H11IN2O. The third-order valence-corrected chi connectivity index (χ3v) is 2.92. The zero-order valence-electron chi connectivity index (χ0n) is 7.10. The van der Waals surface area contributed by atoms with Gasteiger partial charge in [-0.15, -0.1) is 0 Å². The average Bonchev–Trinajstić information content (AvgIpc) is 2.16. The molecule has 1 aromatic carbocycles. The van der Waals surface area contributed by atoms with Gasteiger partial charge in [-0.2, -0.15) is 0 Å². The maximum Gasteiger partial charge on any atom is 0.0648 e. The minimum Gasteiger partial charge on any atom is -0.312 e. The summed E-state index contributed by atoms with van der Waals surface area (Å²) in [5.74, 6) is 0. The zero-order chi connectivity index (χ0) is 9.26. The molecule has 1 aliphatic heterocycles. The number of benzene rings is 1. The van der Waals surface area contributed by atoms with Crippen LogP contribution in [0, 0.1) is 3.57 Å². The summed E-state index contributed by atoms with van der Waals surface area (Å²) in [5, 5.41) is 12.3. The van der Waals surface area contributed by atoms with Gasteiger partial charge in [-0.25, -0.2) is 0 Å². The molecule has 0 saturated carbocycles. The van der Waals surface area contributed by atoms with E-state index in [0.717, 1.165) is 28.8 Å². The Morgan fingerprint density at radius 3 is 3.08 bits per heavy atom. The Morgan fingerprint density at radius 2 is 2.31 bits per heavy atom. The van der Waals surface area contributed by atoms with Crippen LogP contribution in [-0.2, 0) is 13.0 Å². The second kappa shape index (κ2) is 3.81. The Hall–Kier alpha value is -0.330. The van der Waals surface area contributed by atoms with Crippen molar-refractivity contribution in [1.29, 1.82) is 0 Å². The molecule has 1 heterocycles. The van der Waals surface area contributed by atoms with Gasteiger partial charge in [0.2, 0.25) is 0 Å². The standard InChI is InChI=1S/C9H11IN2O/c10-7-3-6-5-11-2-1-8(6)9(4-7)12-13/h3-4,11-13H,1-2,5H2. The molecule has 0 aliphatic carbocycles. The van der Waals surface area contributed by atoms with E-state index in [1.54, 1.807) is 0 Å². The van der Waals surface area contributed by atoms with Crippen LogP contribution in [0.1, 0.15) is 11.1 Å². The fourth-order valence-electron chi connectivity index (χ4n) is 1.68. The van der Waals surface area contributed by atoms with Crippen LogP contribution in [0.15, 0.2) is 12.1 Å². The van der Waals surface area contributed by atoms with Crippen LogP contribution in [0.5, 0.6) is 0 Å². The molecule has 3 N–H and O–H groups in total. The van der Waals surface area contributed by atoms with Crippen LogP contribution in [0.4, 0.5) is 5.69 Å². The second-order valence-corrected chi connectivity index (χ2v) is 4.38. The molecule has 2 rings (SSSR count). The largest absolute Gasteiger partial charge is 0.312 e. The summed E-state index contributed by atoms with van der Waals surface area (Å²) in [6, 6.07) is 4.12.